The van der Waals surface area contributed by atoms with Gasteiger partial charge in [-0.1, -0.05) is 48.5 Å². The number of hydrogen-bond acceptors (Lipinski definition) is 4. The second kappa shape index (κ2) is 9.96. The molecule has 0 radical (unpaired) electrons. The number of carbonyl (C=O) groups excluding carboxylic acids is 1. The van der Waals surface area contributed by atoms with Gasteiger partial charge in [-0.05, 0) is 42.7 Å². The third-order valence-corrected chi connectivity index (χ3v) is 5.42. The zero-order chi connectivity index (χ0) is 22.3. The molecule has 1 heterocycles. The number of aryl methyl sites for hydroxylation is 1. The molecular formula is C27H26N2O3. The molecule has 0 saturated heterocycles. The second-order valence-electron chi connectivity index (χ2n) is 7.48. The number of methoxy groups -OCH3 is 2. The predicted molar refractivity (Wildman–Crippen MR) is 127 cm³/mol. The minimum atomic E-state index is -0.106. The Morgan fingerprint density at radius 1 is 0.906 bits per heavy atom. The van der Waals surface area contributed by atoms with Crippen LogP contribution in [0.2, 0.25) is 0 Å². The first-order chi connectivity index (χ1) is 15.7. The summed E-state index contributed by atoms with van der Waals surface area (Å²) in [6.45, 7) is 0.603. The lowest BCUT2D eigenvalue weighted by Crippen LogP contribution is -2.25. The summed E-state index contributed by atoms with van der Waals surface area (Å²) in [5.74, 6) is 1.23. The molecule has 0 atom stereocenters. The van der Waals surface area contributed by atoms with Crippen LogP contribution in [0.25, 0.3) is 22.2 Å². The van der Waals surface area contributed by atoms with Gasteiger partial charge in [-0.25, -0.2) is 4.98 Å². The number of benzene rings is 3. The van der Waals surface area contributed by atoms with Crippen molar-refractivity contribution in [1.29, 1.82) is 0 Å². The number of nitrogens with one attached hydrogen (secondary N) is 1. The first kappa shape index (κ1) is 21.4. The maximum Gasteiger partial charge on any atom is 0.252 e. The van der Waals surface area contributed by atoms with E-state index in [0.29, 0.717) is 29.3 Å². The number of aromatic nitrogens is 1. The van der Waals surface area contributed by atoms with Crippen LogP contribution in [0, 0.1) is 0 Å². The van der Waals surface area contributed by atoms with Gasteiger partial charge in [0.15, 0.2) is 0 Å². The molecule has 162 valence electrons. The zero-order valence-electron chi connectivity index (χ0n) is 18.3. The van der Waals surface area contributed by atoms with Crippen LogP contribution in [0.15, 0.2) is 78.9 Å². The number of carbonyl (C=O) groups is 1. The summed E-state index contributed by atoms with van der Waals surface area (Å²) in [5.41, 5.74) is 4.11. The molecular weight excluding hydrogens is 400 g/mol. The first-order valence-corrected chi connectivity index (χ1v) is 10.6. The quantitative estimate of drug-likeness (QED) is 0.389. The number of hydrogen-bond donors (Lipinski definition) is 1. The van der Waals surface area contributed by atoms with Crippen molar-refractivity contribution < 1.29 is 14.3 Å². The van der Waals surface area contributed by atoms with E-state index >= 15 is 0 Å². The fourth-order valence-corrected chi connectivity index (χ4v) is 3.75. The summed E-state index contributed by atoms with van der Waals surface area (Å²) >= 11 is 0. The van der Waals surface area contributed by atoms with E-state index in [4.69, 9.17) is 14.5 Å². The molecule has 0 aliphatic rings. The van der Waals surface area contributed by atoms with Gasteiger partial charge in [0.1, 0.15) is 11.5 Å². The molecule has 0 aliphatic heterocycles. The van der Waals surface area contributed by atoms with Crippen LogP contribution in [0.4, 0.5) is 0 Å². The van der Waals surface area contributed by atoms with Gasteiger partial charge in [-0.15, -0.1) is 0 Å². The Kier molecular flexibility index (Phi) is 6.66. The van der Waals surface area contributed by atoms with Crippen molar-refractivity contribution in [3.8, 4) is 22.8 Å². The van der Waals surface area contributed by atoms with Gasteiger partial charge in [0, 0.05) is 23.6 Å². The Morgan fingerprint density at radius 2 is 1.69 bits per heavy atom. The Hall–Kier alpha value is -3.86. The average molecular weight is 427 g/mol. The van der Waals surface area contributed by atoms with Crippen LogP contribution >= 0.6 is 0 Å². The monoisotopic (exact) mass is 426 g/mol. The molecule has 4 aromatic rings. The number of pyridine rings is 1. The third-order valence-electron chi connectivity index (χ3n) is 5.42. The molecule has 4 rings (SSSR count). The maximum atomic E-state index is 13.1. The molecule has 5 nitrogen and oxygen atoms in total. The molecule has 1 aromatic heterocycles. The molecule has 0 unspecified atom stereocenters. The van der Waals surface area contributed by atoms with Gasteiger partial charge in [0.2, 0.25) is 0 Å². The highest BCUT2D eigenvalue weighted by Gasteiger charge is 2.16. The highest BCUT2D eigenvalue weighted by atomic mass is 16.5. The van der Waals surface area contributed by atoms with Crippen LogP contribution < -0.4 is 14.8 Å². The lowest BCUT2D eigenvalue weighted by atomic mass is 10.0. The van der Waals surface area contributed by atoms with Crippen molar-refractivity contribution in [3.05, 3.63) is 90.0 Å². The van der Waals surface area contributed by atoms with Gasteiger partial charge >= 0.3 is 0 Å². The highest BCUT2D eigenvalue weighted by Crippen LogP contribution is 2.34. The number of ether oxygens (including phenoxy) is 2. The molecule has 1 N–H and O–H groups in total. The van der Waals surface area contributed by atoms with Crippen molar-refractivity contribution in [3.63, 3.8) is 0 Å². The predicted octanol–water partition coefficient (Wildman–Crippen LogP) is 5.28. The lowest BCUT2D eigenvalue weighted by Gasteiger charge is -2.13. The van der Waals surface area contributed by atoms with Crippen molar-refractivity contribution in [2.75, 3.05) is 20.8 Å². The van der Waals surface area contributed by atoms with Gasteiger partial charge in [-0.3, -0.25) is 4.79 Å². The summed E-state index contributed by atoms with van der Waals surface area (Å²) < 4.78 is 10.9. The fraction of sp³-hybridized carbons (Fsp3) is 0.185. The first-order valence-electron chi connectivity index (χ1n) is 10.6. The topological polar surface area (TPSA) is 60.5 Å². The largest absolute Gasteiger partial charge is 0.497 e. The number of nitrogens with zero attached hydrogens (tertiary/aromatic N) is 1. The van der Waals surface area contributed by atoms with Gasteiger partial charge in [0.25, 0.3) is 5.91 Å². The van der Waals surface area contributed by atoms with E-state index in [9.17, 15) is 4.79 Å². The third kappa shape index (κ3) is 4.72. The van der Waals surface area contributed by atoms with E-state index in [-0.39, 0.29) is 5.91 Å². The summed E-state index contributed by atoms with van der Waals surface area (Å²) in [5, 5.41) is 3.89. The van der Waals surface area contributed by atoms with Crippen molar-refractivity contribution in [2.24, 2.45) is 0 Å². The standard InChI is InChI=1S/C27H26N2O3/c1-31-20-14-15-22(26(17-20)32-2)25-18-23(21-12-6-7-13-24(21)29-25)27(30)28-16-8-11-19-9-4-3-5-10-19/h3-7,9-10,12-15,17-18H,8,11,16H2,1-2H3,(H,28,30). The van der Waals surface area contributed by atoms with Crippen LogP contribution in [-0.4, -0.2) is 31.7 Å². The van der Waals surface area contributed by atoms with E-state index in [0.717, 1.165) is 29.3 Å². The molecule has 3 aromatic carbocycles. The zero-order valence-corrected chi connectivity index (χ0v) is 18.3. The molecule has 0 aliphatic carbocycles. The summed E-state index contributed by atoms with van der Waals surface area (Å²) in [7, 11) is 3.22. The molecule has 0 bridgehead atoms. The summed E-state index contributed by atoms with van der Waals surface area (Å²) in [6, 6.07) is 25.4. The van der Waals surface area contributed by atoms with Gasteiger partial charge in [-0.2, -0.15) is 0 Å². The molecule has 0 spiro atoms. The lowest BCUT2D eigenvalue weighted by molar-refractivity contribution is 0.0955. The van der Waals surface area contributed by atoms with Crippen molar-refractivity contribution >= 4 is 16.8 Å². The normalized spacial score (nSPS) is 10.7. The van der Waals surface area contributed by atoms with E-state index in [1.54, 1.807) is 14.2 Å². The van der Waals surface area contributed by atoms with E-state index in [1.165, 1.54) is 5.56 Å². The molecule has 5 heteroatoms. The Labute approximate surface area is 188 Å². The Morgan fingerprint density at radius 3 is 2.47 bits per heavy atom. The molecule has 0 fully saturated rings. The van der Waals surface area contributed by atoms with Gasteiger partial charge in [0.05, 0.1) is 31.0 Å². The van der Waals surface area contributed by atoms with Crippen LogP contribution in [-0.2, 0) is 6.42 Å². The molecule has 0 saturated carbocycles. The maximum absolute atomic E-state index is 13.1. The Bertz CT molecular complexity index is 1220. The minimum absolute atomic E-state index is 0.106. The number of para-hydroxylation sites is 1. The van der Waals surface area contributed by atoms with Crippen molar-refractivity contribution in [2.45, 2.75) is 12.8 Å². The molecule has 1 amide bonds. The Balaban J connectivity index is 1.60. The fourth-order valence-electron chi connectivity index (χ4n) is 3.75. The van der Waals surface area contributed by atoms with E-state index in [2.05, 4.69) is 17.4 Å². The van der Waals surface area contributed by atoms with Crippen LogP contribution in [0.3, 0.4) is 0 Å². The average Bonchev–Trinajstić information content (AvgIpc) is 2.86. The SMILES string of the molecule is COc1ccc(-c2cc(C(=O)NCCCc3ccccc3)c3ccccc3n2)c(OC)c1. The minimum Gasteiger partial charge on any atom is -0.497 e. The van der Waals surface area contributed by atoms with Crippen molar-refractivity contribution in [1.82, 2.24) is 10.3 Å². The summed E-state index contributed by atoms with van der Waals surface area (Å²) in [6.07, 6.45) is 1.80. The number of amides is 1. The van der Waals surface area contributed by atoms with Gasteiger partial charge < -0.3 is 14.8 Å². The van der Waals surface area contributed by atoms with Crippen LogP contribution in [0.5, 0.6) is 11.5 Å². The van der Waals surface area contributed by atoms with E-state index in [1.807, 2.05) is 66.7 Å². The van der Waals surface area contributed by atoms with Crippen LogP contribution in [0.1, 0.15) is 22.3 Å². The number of rotatable bonds is 8. The van der Waals surface area contributed by atoms with E-state index < -0.39 is 0 Å². The molecule has 32 heavy (non-hydrogen) atoms. The highest BCUT2D eigenvalue weighted by molar-refractivity contribution is 6.07. The summed E-state index contributed by atoms with van der Waals surface area (Å²) in [4.78, 5) is 17.9. The number of fused-ring (bicyclic) bond motifs is 1. The smallest absolute Gasteiger partial charge is 0.252 e. The second-order valence-corrected chi connectivity index (χ2v) is 7.48.